The van der Waals surface area contributed by atoms with Crippen LogP contribution in [0.2, 0.25) is 0 Å². The van der Waals surface area contributed by atoms with Crippen LogP contribution in [0.5, 0.6) is 0 Å². The van der Waals surface area contributed by atoms with Crippen molar-refractivity contribution in [3.8, 4) is 0 Å². The zero-order valence-corrected chi connectivity index (χ0v) is 7.51. The van der Waals surface area contributed by atoms with Crippen molar-refractivity contribution >= 4 is 27.0 Å². The second-order valence-corrected chi connectivity index (χ2v) is 3.16. The molecule has 0 unspecified atom stereocenters. The molecule has 0 saturated carbocycles. The molecule has 56 valence electrons. The monoisotopic (exact) mass is 211 g/mol. The Bertz CT molecular complexity index is 393. The number of nitrogens with one attached hydrogen (secondary N) is 1. The summed E-state index contributed by atoms with van der Waals surface area (Å²) in [5.74, 6) is 0. The number of fused-ring (bicyclic) bond motifs is 1. The minimum absolute atomic E-state index is 0.844. The van der Waals surface area contributed by atoms with Crippen molar-refractivity contribution in [2.75, 3.05) is 0 Å². The number of nitrogens with zero attached hydrogens (tertiary/aromatic N) is 2. The van der Waals surface area contributed by atoms with Crippen LogP contribution in [0, 0.1) is 6.92 Å². The number of aromatic amines is 1. The van der Waals surface area contributed by atoms with Gasteiger partial charge >= 0.3 is 0 Å². The van der Waals surface area contributed by atoms with E-state index in [1.807, 2.05) is 13.0 Å². The van der Waals surface area contributed by atoms with E-state index in [1.165, 1.54) is 0 Å². The molecule has 1 N–H and O–H groups in total. The first-order valence-electron chi connectivity index (χ1n) is 3.24. The molecule has 3 nitrogen and oxygen atoms in total. The number of pyridine rings is 1. The summed E-state index contributed by atoms with van der Waals surface area (Å²) in [4.78, 5) is 4.16. The van der Waals surface area contributed by atoms with Crippen molar-refractivity contribution in [2.45, 2.75) is 6.92 Å². The van der Waals surface area contributed by atoms with Gasteiger partial charge in [0.05, 0.1) is 0 Å². The predicted molar refractivity (Wildman–Crippen MR) is 46.3 cm³/mol. The van der Waals surface area contributed by atoms with Gasteiger partial charge in [-0.3, -0.25) is 10.1 Å². The largest absolute Gasteiger partial charge is 0.269 e. The highest BCUT2D eigenvalue weighted by Gasteiger charge is 2.04. The van der Waals surface area contributed by atoms with Crippen LogP contribution < -0.4 is 0 Å². The summed E-state index contributed by atoms with van der Waals surface area (Å²) in [6, 6.07) is 1.94. The Balaban J connectivity index is 2.94. The third-order valence-electron chi connectivity index (χ3n) is 1.60. The molecular formula is C7H6BrN3. The first-order valence-corrected chi connectivity index (χ1v) is 4.03. The van der Waals surface area contributed by atoms with Crippen molar-refractivity contribution in [3.63, 3.8) is 0 Å². The van der Waals surface area contributed by atoms with Crippen molar-refractivity contribution in [3.05, 3.63) is 22.4 Å². The van der Waals surface area contributed by atoms with Crippen molar-refractivity contribution in [2.24, 2.45) is 0 Å². The summed E-state index contributed by atoms with van der Waals surface area (Å²) in [6.45, 7) is 2.01. The third-order valence-corrected chi connectivity index (χ3v) is 2.15. The molecule has 0 aliphatic heterocycles. The fraction of sp³-hybridized carbons (Fsp3) is 0.143. The van der Waals surface area contributed by atoms with Gasteiger partial charge in [0.25, 0.3) is 0 Å². The number of hydrogen-bond acceptors (Lipinski definition) is 2. The standard InChI is InChI=1S/C7H6BrN3/c1-4-2-3-9-6-5(4)10-11-7(6)8/h2-3H,1H3,(H,10,11). The van der Waals surface area contributed by atoms with Gasteiger partial charge < -0.3 is 0 Å². The Morgan fingerprint density at radius 2 is 2.27 bits per heavy atom. The summed E-state index contributed by atoms with van der Waals surface area (Å²) in [5.41, 5.74) is 2.96. The third kappa shape index (κ3) is 0.939. The zero-order chi connectivity index (χ0) is 7.84. The molecule has 0 atom stereocenters. The molecule has 0 saturated heterocycles. The molecule has 2 rings (SSSR count). The maximum atomic E-state index is 4.16. The lowest BCUT2D eigenvalue weighted by Gasteiger charge is -1.90. The molecular weight excluding hydrogens is 206 g/mol. The Hall–Kier alpha value is -0.900. The van der Waals surface area contributed by atoms with E-state index < -0.39 is 0 Å². The average Bonchev–Trinajstić information content (AvgIpc) is 2.35. The molecule has 11 heavy (non-hydrogen) atoms. The molecule has 0 fully saturated rings. The molecule has 0 aromatic carbocycles. The SMILES string of the molecule is Cc1ccnc2c(Br)[nH]nc12. The smallest absolute Gasteiger partial charge is 0.127 e. The number of halogens is 1. The number of aryl methyl sites for hydroxylation is 1. The van der Waals surface area contributed by atoms with E-state index in [4.69, 9.17) is 0 Å². The Morgan fingerprint density at radius 3 is 3.00 bits per heavy atom. The van der Waals surface area contributed by atoms with E-state index >= 15 is 0 Å². The van der Waals surface area contributed by atoms with Gasteiger partial charge in [-0.15, -0.1) is 0 Å². The molecule has 0 radical (unpaired) electrons. The Labute approximate surface area is 72.0 Å². The van der Waals surface area contributed by atoms with Crippen LogP contribution in [0.4, 0.5) is 0 Å². The highest BCUT2D eigenvalue weighted by atomic mass is 79.9. The molecule has 2 aromatic heterocycles. The van der Waals surface area contributed by atoms with Crippen LogP contribution in [0.15, 0.2) is 16.9 Å². The van der Waals surface area contributed by atoms with E-state index in [1.54, 1.807) is 6.20 Å². The van der Waals surface area contributed by atoms with E-state index in [9.17, 15) is 0 Å². The quantitative estimate of drug-likeness (QED) is 0.725. The molecule has 4 heteroatoms. The van der Waals surface area contributed by atoms with Crippen molar-refractivity contribution in [1.29, 1.82) is 0 Å². The summed E-state index contributed by atoms with van der Waals surface area (Å²) in [5, 5.41) is 6.90. The maximum Gasteiger partial charge on any atom is 0.127 e. The van der Waals surface area contributed by atoms with E-state index in [2.05, 4.69) is 31.1 Å². The van der Waals surface area contributed by atoms with E-state index in [-0.39, 0.29) is 0 Å². The fourth-order valence-electron chi connectivity index (χ4n) is 1.01. The van der Waals surface area contributed by atoms with E-state index in [0.29, 0.717) is 0 Å². The van der Waals surface area contributed by atoms with Crippen LogP contribution in [0.25, 0.3) is 11.0 Å². The van der Waals surface area contributed by atoms with Gasteiger partial charge in [-0.05, 0) is 34.5 Å². The van der Waals surface area contributed by atoms with Crippen molar-refractivity contribution < 1.29 is 0 Å². The minimum Gasteiger partial charge on any atom is -0.269 e. The predicted octanol–water partition coefficient (Wildman–Crippen LogP) is 2.03. The molecule has 2 aromatic rings. The molecule has 0 bridgehead atoms. The first-order chi connectivity index (χ1) is 5.29. The Morgan fingerprint density at radius 1 is 1.45 bits per heavy atom. The normalized spacial score (nSPS) is 10.7. The fourth-order valence-corrected chi connectivity index (χ4v) is 1.39. The van der Waals surface area contributed by atoms with Gasteiger partial charge in [0.2, 0.25) is 0 Å². The molecule has 2 heterocycles. The molecule has 0 amide bonds. The van der Waals surface area contributed by atoms with Gasteiger partial charge in [0.1, 0.15) is 15.6 Å². The lowest BCUT2D eigenvalue weighted by Crippen LogP contribution is -1.78. The van der Waals surface area contributed by atoms with Crippen LogP contribution in [0.1, 0.15) is 5.56 Å². The highest BCUT2D eigenvalue weighted by Crippen LogP contribution is 2.19. The average molecular weight is 212 g/mol. The zero-order valence-electron chi connectivity index (χ0n) is 5.93. The van der Waals surface area contributed by atoms with Gasteiger partial charge in [0.15, 0.2) is 0 Å². The summed E-state index contributed by atoms with van der Waals surface area (Å²) in [6.07, 6.45) is 1.78. The van der Waals surface area contributed by atoms with E-state index in [0.717, 1.165) is 21.2 Å². The maximum absolute atomic E-state index is 4.16. The van der Waals surface area contributed by atoms with Crippen molar-refractivity contribution in [1.82, 2.24) is 15.2 Å². The van der Waals surface area contributed by atoms with Gasteiger partial charge in [-0.1, -0.05) is 0 Å². The highest BCUT2D eigenvalue weighted by molar-refractivity contribution is 9.10. The minimum atomic E-state index is 0.844. The van der Waals surface area contributed by atoms with Gasteiger partial charge in [-0.2, -0.15) is 5.10 Å². The van der Waals surface area contributed by atoms with Crippen LogP contribution in [0.3, 0.4) is 0 Å². The molecule has 0 aliphatic carbocycles. The van der Waals surface area contributed by atoms with Gasteiger partial charge in [-0.25, -0.2) is 0 Å². The summed E-state index contributed by atoms with van der Waals surface area (Å²) >= 11 is 3.32. The topological polar surface area (TPSA) is 41.6 Å². The molecule has 0 spiro atoms. The summed E-state index contributed by atoms with van der Waals surface area (Å²) in [7, 11) is 0. The number of rotatable bonds is 0. The van der Waals surface area contributed by atoms with Crippen LogP contribution >= 0.6 is 15.9 Å². The number of H-pyrrole nitrogens is 1. The van der Waals surface area contributed by atoms with Crippen LogP contribution in [-0.4, -0.2) is 15.2 Å². The number of hydrogen-bond donors (Lipinski definition) is 1. The van der Waals surface area contributed by atoms with Gasteiger partial charge in [0, 0.05) is 6.20 Å². The second kappa shape index (κ2) is 2.30. The lowest BCUT2D eigenvalue weighted by atomic mass is 10.2. The summed E-state index contributed by atoms with van der Waals surface area (Å²) < 4.78 is 0.844. The number of aromatic nitrogens is 3. The van der Waals surface area contributed by atoms with Crippen LogP contribution in [-0.2, 0) is 0 Å². The first kappa shape index (κ1) is 6.79. The lowest BCUT2D eigenvalue weighted by molar-refractivity contribution is 1.09. The Kier molecular flexibility index (Phi) is 1.42. The molecule has 0 aliphatic rings. The second-order valence-electron chi connectivity index (χ2n) is 2.36.